The van der Waals surface area contributed by atoms with E-state index in [0.29, 0.717) is 37.9 Å². The first-order valence-electron chi connectivity index (χ1n) is 15.2. The summed E-state index contributed by atoms with van der Waals surface area (Å²) in [7, 11) is 0. The summed E-state index contributed by atoms with van der Waals surface area (Å²) in [6.45, 7) is 4.56. The molecule has 1 aliphatic rings. The van der Waals surface area contributed by atoms with Gasteiger partial charge in [-0.3, -0.25) is 0 Å². The molecule has 44 heavy (non-hydrogen) atoms. The maximum Gasteiger partial charge on any atom is 0.346 e. The largest absolute Gasteiger partial charge is 0.490 e. The molecule has 0 aliphatic heterocycles. The van der Waals surface area contributed by atoms with Gasteiger partial charge in [0.2, 0.25) is 11.6 Å². The maximum atomic E-state index is 14.9. The van der Waals surface area contributed by atoms with Crippen molar-refractivity contribution in [2.75, 3.05) is 13.2 Å². The Balaban J connectivity index is 1.38. The number of unbranched alkanes of at least 4 members (excludes halogenated alkanes) is 4. The Morgan fingerprint density at radius 3 is 2.07 bits per heavy atom. The van der Waals surface area contributed by atoms with Crippen molar-refractivity contribution in [2.24, 2.45) is 0 Å². The molecular formula is C35H37F5O4. The summed E-state index contributed by atoms with van der Waals surface area (Å²) < 4.78 is 89.2. The van der Waals surface area contributed by atoms with Crippen LogP contribution in [0.15, 0.2) is 48.5 Å². The van der Waals surface area contributed by atoms with Crippen molar-refractivity contribution in [1.82, 2.24) is 0 Å². The lowest BCUT2D eigenvalue weighted by Crippen LogP contribution is -2.13. The first-order chi connectivity index (χ1) is 21.2. The molecule has 0 amide bonds. The van der Waals surface area contributed by atoms with E-state index in [9.17, 15) is 26.7 Å². The molecule has 1 aliphatic carbocycles. The highest BCUT2D eigenvalue weighted by molar-refractivity contribution is 5.91. The summed E-state index contributed by atoms with van der Waals surface area (Å²) in [6, 6.07) is 9.17. The lowest BCUT2D eigenvalue weighted by molar-refractivity contribution is 0.0721. The van der Waals surface area contributed by atoms with E-state index in [2.05, 4.69) is 6.92 Å². The van der Waals surface area contributed by atoms with E-state index in [1.165, 1.54) is 18.2 Å². The van der Waals surface area contributed by atoms with Crippen molar-refractivity contribution in [1.29, 1.82) is 0 Å². The summed E-state index contributed by atoms with van der Waals surface area (Å²) in [4.78, 5) is 12.6. The number of rotatable bonds is 14. The van der Waals surface area contributed by atoms with Crippen molar-refractivity contribution < 1.29 is 41.0 Å². The third-order valence-electron chi connectivity index (χ3n) is 7.71. The summed E-state index contributed by atoms with van der Waals surface area (Å²) >= 11 is 0. The number of halogens is 5. The molecule has 1 atom stereocenters. The summed E-state index contributed by atoms with van der Waals surface area (Å²) in [5.41, 5.74) is 0.917. The number of hydrogen-bond donors (Lipinski definition) is 0. The second kappa shape index (κ2) is 15.7. The van der Waals surface area contributed by atoms with E-state index in [4.69, 9.17) is 14.2 Å². The van der Waals surface area contributed by atoms with Gasteiger partial charge in [-0.1, -0.05) is 57.7 Å². The molecule has 3 aromatic carbocycles. The minimum absolute atomic E-state index is 0.102. The molecule has 0 saturated carbocycles. The van der Waals surface area contributed by atoms with Crippen LogP contribution in [0.25, 0.3) is 5.57 Å². The van der Waals surface area contributed by atoms with E-state index in [1.807, 2.05) is 13.0 Å². The highest BCUT2D eigenvalue weighted by Crippen LogP contribution is 2.39. The summed E-state index contributed by atoms with van der Waals surface area (Å²) in [5, 5.41) is 0. The Morgan fingerprint density at radius 1 is 0.750 bits per heavy atom. The minimum atomic E-state index is -1.44. The molecule has 0 heterocycles. The van der Waals surface area contributed by atoms with Crippen molar-refractivity contribution in [2.45, 2.75) is 77.6 Å². The van der Waals surface area contributed by atoms with Crippen molar-refractivity contribution >= 4 is 11.5 Å². The second-order valence-electron chi connectivity index (χ2n) is 10.9. The van der Waals surface area contributed by atoms with Crippen LogP contribution in [0, 0.1) is 29.1 Å². The molecule has 3 aromatic rings. The lowest BCUT2D eigenvalue weighted by atomic mass is 9.82. The first-order valence-corrected chi connectivity index (χ1v) is 15.2. The topological polar surface area (TPSA) is 44.8 Å². The number of allylic oxidation sites excluding steroid dienone is 2. The zero-order valence-corrected chi connectivity index (χ0v) is 25.0. The summed E-state index contributed by atoms with van der Waals surface area (Å²) in [6.07, 6.45) is 8.51. The van der Waals surface area contributed by atoms with Gasteiger partial charge in [-0.25, -0.2) is 18.0 Å². The molecule has 9 heteroatoms. The molecule has 4 rings (SSSR count). The molecule has 1 unspecified atom stereocenters. The predicted molar refractivity (Wildman–Crippen MR) is 159 cm³/mol. The number of carbonyl (C=O) groups is 1. The molecule has 4 nitrogen and oxygen atoms in total. The van der Waals surface area contributed by atoms with Gasteiger partial charge in [0.05, 0.1) is 18.8 Å². The van der Waals surface area contributed by atoms with Gasteiger partial charge in [-0.05, 0) is 85.1 Å². The lowest BCUT2D eigenvalue weighted by Gasteiger charge is -2.23. The van der Waals surface area contributed by atoms with Gasteiger partial charge in [0, 0.05) is 0 Å². The maximum absolute atomic E-state index is 14.9. The van der Waals surface area contributed by atoms with Crippen LogP contribution < -0.4 is 14.2 Å². The molecule has 0 bridgehead atoms. The van der Waals surface area contributed by atoms with Crippen LogP contribution in [0.4, 0.5) is 22.0 Å². The SMILES string of the molecule is CCCCCCOc1ccc(C(=O)Oc2ccc(C3=CCC(c4ccc(OCCCC)c(F)c4F)CC3)cc2F)c(F)c1F. The van der Waals surface area contributed by atoms with Crippen LogP contribution >= 0.6 is 0 Å². The molecule has 0 N–H and O–H groups in total. The molecule has 0 aromatic heterocycles. The molecule has 0 fully saturated rings. The van der Waals surface area contributed by atoms with Gasteiger partial charge in [-0.15, -0.1) is 0 Å². The van der Waals surface area contributed by atoms with E-state index in [0.717, 1.165) is 49.8 Å². The Labute approximate surface area is 254 Å². The highest BCUT2D eigenvalue weighted by atomic mass is 19.2. The molecule has 0 spiro atoms. The standard InChI is InChI=1S/C35H37F5O4/c1-3-5-7-8-20-43-30-18-15-26(32(38)34(30)40)35(41)44-28-16-13-24(21-27(28)36)22-9-11-23(12-10-22)25-14-17-29(33(39)31(25)37)42-19-6-4-2/h9,13-18,21,23H,3-8,10-12,19-20H2,1-2H3. The number of carbonyl (C=O) groups excluding carboxylic acids is 1. The zero-order valence-electron chi connectivity index (χ0n) is 25.0. The smallest absolute Gasteiger partial charge is 0.346 e. The average Bonchev–Trinajstić information content (AvgIpc) is 3.02. The normalized spacial score (nSPS) is 14.7. The van der Waals surface area contributed by atoms with Crippen LogP contribution in [-0.2, 0) is 0 Å². The monoisotopic (exact) mass is 616 g/mol. The van der Waals surface area contributed by atoms with Gasteiger partial charge in [-0.2, -0.15) is 8.78 Å². The van der Waals surface area contributed by atoms with Crippen LogP contribution in [0.3, 0.4) is 0 Å². The van der Waals surface area contributed by atoms with Crippen LogP contribution in [0.2, 0.25) is 0 Å². The van der Waals surface area contributed by atoms with E-state index >= 15 is 0 Å². The fourth-order valence-electron chi connectivity index (χ4n) is 5.13. The van der Waals surface area contributed by atoms with Gasteiger partial charge >= 0.3 is 5.97 Å². The number of benzene rings is 3. The fourth-order valence-corrected chi connectivity index (χ4v) is 5.13. The van der Waals surface area contributed by atoms with Gasteiger partial charge < -0.3 is 14.2 Å². The third kappa shape index (κ3) is 7.98. The van der Waals surface area contributed by atoms with Crippen molar-refractivity contribution in [3.8, 4) is 17.2 Å². The fraction of sp³-hybridized carbons (Fsp3) is 0.400. The Bertz CT molecular complexity index is 1490. The van der Waals surface area contributed by atoms with Crippen LogP contribution in [0.5, 0.6) is 17.2 Å². The molecule has 236 valence electrons. The average molecular weight is 617 g/mol. The summed E-state index contributed by atoms with van der Waals surface area (Å²) in [5.74, 6) is -7.88. The first kappa shape index (κ1) is 33.0. The van der Waals surface area contributed by atoms with E-state index in [-0.39, 0.29) is 29.6 Å². The molecule has 0 saturated heterocycles. The van der Waals surface area contributed by atoms with Crippen LogP contribution in [-0.4, -0.2) is 19.2 Å². The quantitative estimate of drug-likeness (QED) is 0.0783. The van der Waals surface area contributed by atoms with Crippen molar-refractivity contribution in [3.63, 3.8) is 0 Å². The van der Waals surface area contributed by atoms with Crippen molar-refractivity contribution in [3.05, 3.63) is 94.3 Å². The zero-order chi connectivity index (χ0) is 31.6. The van der Waals surface area contributed by atoms with Gasteiger partial charge in [0.15, 0.2) is 34.7 Å². The number of esters is 1. The van der Waals surface area contributed by atoms with E-state index in [1.54, 1.807) is 12.1 Å². The number of hydrogen-bond acceptors (Lipinski definition) is 4. The Kier molecular flexibility index (Phi) is 11.8. The van der Waals surface area contributed by atoms with Gasteiger partial charge in [0.25, 0.3) is 0 Å². The van der Waals surface area contributed by atoms with Crippen LogP contribution in [0.1, 0.15) is 99.0 Å². The predicted octanol–water partition coefficient (Wildman–Crippen LogP) is 10.1. The highest BCUT2D eigenvalue weighted by Gasteiger charge is 2.25. The minimum Gasteiger partial charge on any atom is -0.490 e. The Hall–Kier alpha value is -3.88. The molecule has 0 radical (unpaired) electrons. The van der Waals surface area contributed by atoms with Gasteiger partial charge in [0.1, 0.15) is 0 Å². The number of ether oxygens (including phenoxy) is 3. The molecular weight excluding hydrogens is 579 g/mol. The van der Waals surface area contributed by atoms with E-state index < -0.39 is 46.4 Å². The third-order valence-corrected chi connectivity index (χ3v) is 7.71. The Morgan fingerprint density at radius 2 is 1.41 bits per heavy atom. The second-order valence-corrected chi connectivity index (χ2v) is 10.9.